The fraction of sp³-hybridized carbons (Fsp3) is 0.250. The zero-order chi connectivity index (χ0) is 12.0. The number of esters is 1. The van der Waals surface area contributed by atoms with Crippen molar-refractivity contribution in [3.8, 4) is 0 Å². The van der Waals surface area contributed by atoms with Gasteiger partial charge in [-0.3, -0.25) is 0 Å². The average Bonchev–Trinajstić information content (AvgIpc) is 2.31. The fourth-order valence-corrected chi connectivity index (χ4v) is 1.24. The van der Waals surface area contributed by atoms with Crippen molar-refractivity contribution < 1.29 is 19.0 Å². The molecule has 0 aliphatic carbocycles. The number of halogens is 1. The number of hydrogen-bond donors (Lipinski definition) is 1. The minimum Gasteiger partial charge on any atom is -0.461 e. The van der Waals surface area contributed by atoms with Gasteiger partial charge in [-0.15, -0.1) is 0 Å². The Kier molecular flexibility index (Phi) is 4.66. The van der Waals surface area contributed by atoms with Crippen LogP contribution in [-0.4, -0.2) is 24.3 Å². The van der Waals surface area contributed by atoms with Crippen LogP contribution in [0.2, 0.25) is 0 Å². The normalized spacial score (nSPS) is 11.9. The summed E-state index contributed by atoms with van der Waals surface area (Å²) >= 11 is 0. The molecule has 0 aliphatic rings. The molecular weight excluding hydrogens is 211 g/mol. The van der Waals surface area contributed by atoms with Gasteiger partial charge in [0, 0.05) is 5.57 Å². The standard InChI is InChI=1S/C12H13FO3/c1-2-16-12(15)11(13)10(8-14)9-6-4-3-5-7-9/h3-7,14H,2,8H2,1H3/b11-10+. The van der Waals surface area contributed by atoms with Gasteiger partial charge >= 0.3 is 5.97 Å². The molecule has 0 fully saturated rings. The van der Waals surface area contributed by atoms with E-state index in [1.807, 2.05) is 0 Å². The molecule has 16 heavy (non-hydrogen) atoms. The van der Waals surface area contributed by atoms with Crippen LogP contribution >= 0.6 is 0 Å². The van der Waals surface area contributed by atoms with Gasteiger partial charge < -0.3 is 9.84 Å². The Bertz CT molecular complexity index is 385. The van der Waals surface area contributed by atoms with Crippen molar-refractivity contribution in [1.82, 2.24) is 0 Å². The first-order valence-electron chi connectivity index (χ1n) is 4.92. The molecule has 0 radical (unpaired) electrons. The molecule has 0 spiro atoms. The van der Waals surface area contributed by atoms with Crippen LogP contribution in [-0.2, 0) is 9.53 Å². The van der Waals surface area contributed by atoms with Gasteiger partial charge in [0.15, 0.2) is 0 Å². The van der Waals surface area contributed by atoms with Gasteiger partial charge in [0.2, 0.25) is 5.83 Å². The third kappa shape index (κ3) is 2.90. The van der Waals surface area contributed by atoms with Gasteiger partial charge in [0.25, 0.3) is 0 Å². The molecular formula is C12H13FO3. The Labute approximate surface area is 93.2 Å². The number of carbonyl (C=O) groups is 1. The molecule has 1 N–H and O–H groups in total. The van der Waals surface area contributed by atoms with E-state index in [1.54, 1.807) is 37.3 Å². The second-order valence-electron chi connectivity index (χ2n) is 3.04. The van der Waals surface area contributed by atoms with Gasteiger partial charge in [-0.1, -0.05) is 30.3 Å². The summed E-state index contributed by atoms with van der Waals surface area (Å²) in [5, 5.41) is 9.06. The average molecular weight is 224 g/mol. The maximum Gasteiger partial charge on any atom is 0.367 e. The fourth-order valence-electron chi connectivity index (χ4n) is 1.24. The van der Waals surface area contributed by atoms with E-state index in [4.69, 9.17) is 5.11 Å². The lowest BCUT2D eigenvalue weighted by molar-refractivity contribution is -0.140. The number of ether oxygens (including phenoxy) is 1. The van der Waals surface area contributed by atoms with Crippen molar-refractivity contribution in [3.05, 3.63) is 41.7 Å². The van der Waals surface area contributed by atoms with E-state index in [9.17, 15) is 9.18 Å². The first-order chi connectivity index (χ1) is 7.70. The molecule has 1 aromatic carbocycles. The number of rotatable bonds is 4. The van der Waals surface area contributed by atoms with E-state index < -0.39 is 18.4 Å². The first-order valence-corrected chi connectivity index (χ1v) is 4.92. The van der Waals surface area contributed by atoms with Crippen molar-refractivity contribution in [3.63, 3.8) is 0 Å². The zero-order valence-electron chi connectivity index (χ0n) is 8.94. The molecule has 3 nitrogen and oxygen atoms in total. The van der Waals surface area contributed by atoms with Crippen LogP contribution in [0.15, 0.2) is 36.2 Å². The molecule has 0 aromatic heterocycles. The van der Waals surface area contributed by atoms with E-state index >= 15 is 0 Å². The quantitative estimate of drug-likeness (QED) is 0.627. The molecule has 0 atom stereocenters. The predicted octanol–water partition coefficient (Wildman–Crippen LogP) is 1.92. The van der Waals surface area contributed by atoms with Crippen LogP contribution in [0.1, 0.15) is 12.5 Å². The van der Waals surface area contributed by atoms with Gasteiger partial charge in [0.1, 0.15) is 0 Å². The molecule has 0 heterocycles. The molecule has 86 valence electrons. The van der Waals surface area contributed by atoms with E-state index in [0.29, 0.717) is 5.56 Å². The topological polar surface area (TPSA) is 46.5 Å². The third-order valence-corrected chi connectivity index (χ3v) is 2.00. The van der Waals surface area contributed by atoms with Crippen LogP contribution in [0.5, 0.6) is 0 Å². The number of aliphatic hydroxyl groups is 1. The highest BCUT2D eigenvalue weighted by Gasteiger charge is 2.16. The largest absolute Gasteiger partial charge is 0.461 e. The molecule has 0 saturated heterocycles. The highest BCUT2D eigenvalue weighted by Crippen LogP contribution is 2.19. The van der Waals surface area contributed by atoms with Crippen molar-refractivity contribution in [1.29, 1.82) is 0 Å². The Hall–Kier alpha value is -1.68. The highest BCUT2D eigenvalue weighted by molar-refractivity contribution is 5.95. The summed E-state index contributed by atoms with van der Waals surface area (Å²) in [4.78, 5) is 11.2. The third-order valence-electron chi connectivity index (χ3n) is 2.00. The molecule has 0 saturated carbocycles. The summed E-state index contributed by atoms with van der Waals surface area (Å²) in [5.74, 6) is -2.09. The van der Waals surface area contributed by atoms with Gasteiger partial charge in [-0.05, 0) is 12.5 Å². The smallest absolute Gasteiger partial charge is 0.367 e. The summed E-state index contributed by atoms with van der Waals surface area (Å²) in [5.41, 5.74) is 0.412. The second-order valence-corrected chi connectivity index (χ2v) is 3.04. The summed E-state index contributed by atoms with van der Waals surface area (Å²) in [6, 6.07) is 8.39. The Morgan fingerprint density at radius 2 is 2.00 bits per heavy atom. The molecule has 0 bridgehead atoms. The Morgan fingerprint density at radius 1 is 1.38 bits per heavy atom. The number of aliphatic hydroxyl groups excluding tert-OH is 1. The lowest BCUT2D eigenvalue weighted by Crippen LogP contribution is -2.08. The lowest BCUT2D eigenvalue weighted by atomic mass is 10.1. The molecule has 0 aliphatic heterocycles. The van der Waals surface area contributed by atoms with Crippen LogP contribution in [0.3, 0.4) is 0 Å². The summed E-state index contributed by atoms with van der Waals surface area (Å²) in [6.07, 6.45) is 0. The van der Waals surface area contributed by atoms with Crippen molar-refractivity contribution in [2.45, 2.75) is 6.92 Å². The van der Waals surface area contributed by atoms with Crippen molar-refractivity contribution in [2.75, 3.05) is 13.2 Å². The SMILES string of the molecule is CCOC(=O)/C(F)=C(/CO)c1ccccc1. The molecule has 4 heteroatoms. The molecule has 1 rings (SSSR count). The van der Waals surface area contributed by atoms with Gasteiger partial charge in [0.05, 0.1) is 13.2 Å². The minimum atomic E-state index is -1.05. The van der Waals surface area contributed by atoms with E-state index in [-0.39, 0.29) is 12.2 Å². The lowest BCUT2D eigenvalue weighted by Gasteiger charge is -2.06. The van der Waals surface area contributed by atoms with E-state index in [0.717, 1.165) is 0 Å². The van der Waals surface area contributed by atoms with Crippen LogP contribution < -0.4 is 0 Å². The second kappa shape index (κ2) is 6.02. The van der Waals surface area contributed by atoms with E-state index in [2.05, 4.69) is 4.74 Å². The van der Waals surface area contributed by atoms with E-state index in [1.165, 1.54) is 0 Å². The maximum atomic E-state index is 13.6. The summed E-state index contributed by atoms with van der Waals surface area (Å²) in [6.45, 7) is 1.14. The number of carbonyl (C=O) groups excluding carboxylic acids is 1. The monoisotopic (exact) mass is 224 g/mol. The predicted molar refractivity (Wildman–Crippen MR) is 58.2 cm³/mol. The van der Waals surface area contributed by atoms with Crippen molar-refractivity contribution in [2.24, 2.45) is 0 Å². The Balaban J connectivity index is 3.05. The number of benzene rings is 1. The van der Waals surface area contributed by atoms with Crippen LogP contribution in [0.25, 0.3) is 5.57 Å². The molecule has 0 amide bonds. The summed E-state index contributed by atoms with van der Waals surface area (Å²) in [7, 11) is 0. The zero-order valence-corrected chi connectivity index (χ0v) is 8.94. The van der Waals surface area contributed by atoms with Crippen LogP contribution in [0.4, 0.5) is 4.39 Å². The van der Waals surface area contributed by atoms with Gasteiger partial charge in [-0.2, -0.15) is 4.39 Å². The highest BCUT2D eigenvalue weighted by atomic mass is 19.1. The number of hydrogen-bond acceptors (Lipinski definition) is 3. The minimum absolute atomic E-state index is 0.0564. The summed E-state index contributed by atoms with van der Waals surface area (Å²) < 4.78 is 18.1. The van der Waals surface area contributed by atoms with Gasteiger partial charge in [-0.25, -0.2) is 4.79 Å². The first kappa shape index (κ1) is 12.4. The molecule has 0 unspecified atom stereocenters. The molecule has 1 aromatic rings. The van der Waals surface area contributed by atoms with Crippen LogP contribution in [0, 0.1) is 0 Å². The Morgan fingerprint density at radius 3 is 2.50 bits per heavy atom. The van der Waals surface area contributed by atoms with Crippen molar-refractivity contribution >= 4 is 11.5 Å². The maximum absolute atomic E-state index is 13.6.